The number of benzene rings is 2. The average molecular weight is 433 g/mol. The molecule has 158 valence electrons. The molecule has 0 bridgehead atoms. The van der Waals surface area contributed by atoms with Gasteiger partial charge in [0.2, 0.25) is 10.0 Å². The van der Waals surface area contributed by atoms with Gasteiger partial charge in [-0.25, -0.2) is 21.9 Å². The van der Waals surface area contributed by atoms with E-state index in [4.69, 9.17) is 0 Å². The van der Waals surface area contributed by atoms with E-state index < -0.39 is 21.7 Å². The van der Waals surface area contributed by atoms with E-state index in [-0.39, 0.29) is 35.9 Å². The molecular weight excluding hydrogens is 412 g/mol. The van der Waals surface area contributed by atoms with E-state index >= 15 is 0 Å². The first-order valence-electron chi connectivity index (χ1n) is 9.30. The first-order chi connectivity index (χ1) is 14.4. The zero-order chi connectivity index (χ0) is 21.6. The molecule has 0 atom stereocenters. The summed E-state index contributed by atoms with van der Waals surface area (Å²) in [7, 11) is -3.86. The molecule has 0 unspecified atom stereocenters. The predicted octanol–water partition coefficient (Wildman–Crippen LogP) is 2.79. The van der Waals surface area contributed by atoms with Gasteiger partial charge in [0.15, 0.2) is 0 Å². The molecule has 2 aromatic carbocycles. The van der Waals surface area contributed by atoms with E-state index in [1.807, 2.05) is 0 Å². The summed E-state index contributed by atoms with van der Waals surface area (Å²) in [5.41, 5.74) is 0.953. The third-order valence-corrected chi connectivity index (χ3v) is 5.93. The number of H-pyrrole nitrogens is 1. The quantitative estimate of drug-likeness (QED) is 0.485. The van der Waals surface area contributed by atoms with E-state index in [0.717, 1.165) is 0 Å². The minimum absolute atomic E-state index is 0.0125. The van der Waals surface area contributed by atoms with E-state index in [1.54, 1.807) is 36.4 Å². The van der Waals surface area contributed by atoms with Gasteiger partial charge in [-0.15, -0.1) is 0 Å². The van der Waals surface area contributed by atoms with Crippen LogP contribution in [0.15, 0.2) is 65.7 Å². The summed E-state index contributed by atoms with van der Waals surface area (Å²) in [6.07, 6.45) is 1.71. The second-order valence-corrected chi connectivity index (χ2v) is 8.35. The molecule has 0 saturated carbocycles. The van der Waals surface area contributed by atoms with E-state index in [0.29, 0.717) is 17.5 Å². The number of hydrogen-bond acceptors (Lipinski definition) is 3. The summed E-state index contributed by atoms with van der Waals surface area (Å²) in [5.74, 6) is -1.24. The standard InChI is InChI=1S/C21H21F2N3O3S/c22-18-7-3-1-5-15(18)9-11-24-21(27)20-13-17(14-25-20)30(28,29)26-12-10-16-6-2-4-8-19(16)23/h1-8,13-14,25-26H,9-12H2,(H,24,27). The third-order valence-electron chi connectivity index (χ3n) is 4.49. The van der Waals surface area contributed by atoms with Gasteiger partial charge >= 0.3 is 0 Å². The Kier molecular flexibility index (Phi) is 6.96. The summed E-state index contributed by atoms with van der Waals surface area (Å²) in [6.45, 7) is 0.209. The second-order valence-electron chi connectivity index (χ2n) is 6.59. The van der Waals surface area contributed by atoms with Gasteiger partial charge in [-0.3, -0.25) is 4.79 Å². The zero-order valence-electron chi connectivity index (χ0n) is 16.0. The average Bonchev–Trinajstić information content (AvgIpc) is 3.22. The summed E-state index contributed by atoms with van der Waals surface area (Å²) in [4.78, 5) is 14.7. The highest BCUT2D eigenvalue weighted by molar-refractivity contribution is 7.89. The Morgan fingerprint density at radius 2 is 1.47 bits per heavy atom. The van der Waals surface area contributed by atoms with Gasteiger partial charge in [0.25, 0.3) is 5.91 Å². The maximum atomic E-state index is 13.6. The van der Waals surface area contributed by atoms with Crippen molar-refractivity contribution in [2.45, 2.75) is 17.7 Å². The molecule has 0 aliphatic rings. The molecule has 9 heteroatoms. The minimum atomic E-state index is -3.86. The number of aromatic amines is 1. The highest BCUT2D eigenvalue weighted by Gasteiger charge is 2.18. The number of hydrogen-bond donors (Lipinski definition) is 3. The van der Waals surface area contributed by atoms with Crippen LogP contribution in [0.25, 0.3) is 0 Å². The fraction of sp³-hybridized carbons (Fsp3) is 0.190. The molecule has 1 amide bonds. The second kappa shape index (κ2) is 9.64. The molecule has 0 aliphatic carbocycles. The molecule has 30 heavy (non-hydrogen) atoms. The highest BCUT2D eigenvalue weighted by atomic mass is 32.2. The Morgan fingerprint density at radius 3 is 2.07 bits per heavy atom. The topological polar surface area (TPSA) is 91.1 Å². The van der Waals surface area contributed by atoms with Gasteiger partial charge in [0.05, 0.1) is 0 Å². The molecule has 0 aliphatic heterocycles. The van der Waals surface area contributed by atoms with E-state index in [1.165, 1.54) is 24.4 Å². The zero-order valence-corrected chi connectivity index (χ0v) is 16.8. The van der Waals surface area contributed by atoms with Gasteiger partial charge in [-0.1, -0.05) is 36.4 Å². The lowest BCUT2D eigenvalue weighted by Crippen LogP contribution is -2.27. The Bertz CT molecular complexity index is 1130. The first kappa shape index (κ1) is 21.7. The summed E-state index contributed by atoms with van der Waals surface area (Å²) in [5, 5.41) is 2.62. The number of carbonyl (C=O) groups is 1. The van der Waals surface area contributed by atoms with Crippen LogP contribution in [-0.2, 0) is 22.9 Å². The van der Waals surface area contributed by atoms with Gasteiger partial charge in [0, 0.05) is 19.3 Å². The fourth-order valence-electron chi connectivity index (χ4n) is 2.87. The molecule has 0 radical (unpaired) electrons. The largest absolute Gasteiger partial charge is 0.356 e. The molecule has 6 nitrogen and oxygen atoms in total. The lowest BCUT2D eigenvalue weighted by atomic mass is 10.1. The van der Waals surface area contributed by atoms with Crippen molar-refractivity contribution in [3.05, 3.63) is 89.2 Å². The molecule has 3 N–H and O–H groups in total. The molecule has 0 saturated heterocycles. The smallest absolute Gasteiger partial charge is 0.267 e. The van der Waals surface area contributed by atoms with Crippen LogP contribution in [-0.4, -0.2) is 32.4 Å². The Hall–Kier alpha value is -3.04. The van der Waals surface area contributed by atoms with Crippen molar-refractivity contribution in [1.82, 2.24) is 15.0 Å². The summed E-state index contributed by atoms with van der Waals surface area (Å²) in [6, 6.07) is 13.6. The molecule has 0 spiro atoms. The highest BCUT2D eigenvalue weighted by Crippen LogP contribution is 2.12. The van der Waals surface area contributed by atoms with Crippen LogP contribution in [0, 0.1) is 11.6 Å². The summed E-state index contributed by atoms with van der Waals surface area (Å²) < 4.78 is 54.3. The van der Waals surface area contributed by atoms with Crippen LogP contribution in [0.3, 0.4) is 0 Å². The number of aromatic nitrogens is 1. The third kappa shape index (κ3) is 5.52. The van der Waals surface area contributed by atoms with Gasteiger partial charge in [-0.2, -0.15) is 0 Å². The van der Waals surface area contributed by atoms with Crippen molar-refractivity contribution in [3.8, 4) is 0 Å². The Balaban J connectivity index is 1.53. The van der Waals surface area contributed by atoms with Crippen molar-refractivity contribution in [2.24, 2.45) is 0 Å². The predicted molar refractivity (Wildman–Crippen MR) is 109 cm³/mol. The van der Waals surface area contributed by atoms with Crippen LogP contribution in [0.5, 0.6) is 0 Å². The van der Waals surface area contributed by atoms with Crippen LogP contribution in [0.2, 0.25) is 0 Å². The molecule has 0 fully saturated rings. The van der Waals surface area contributed by atoms with E-state index in [9.17, 15) is 22.0 Å². The SMILES string of the molecule is O=C(NCCc1ccccc1F)c1cc(S(=O)(=O)NCCc2ccccc2F)c[nH]1. The lowest BCUT2D eigenvalue weighted by molar-refractivity contribution is 0.0949. The number of sulfonamides is 1. The number of amides is 1. The van der Waals surface area contributed by atoms with Crippen LogP contribution < -0.4 is 10.0 Å². The maximum absolute atomic E-state index is 13.6. The molecular formula is C21H21F2N3O3S. The summed E-state index contributed by atoms with van der Waals surface area (Å²) >= 11 is 0. The lowest BCUT2D eigenvalue weighted by Gasteiger charge is -2.06. The minimum Gasteiger partial charge on any atom is -0.356 e. The van der Waals surface area contributed by atoms with Crippen molar-refractivity contribution < 1.29 is 22.0 Å². The van der Waals surface area contributed by atoms with Crippen LogP contribution >= 0.6 is 0 Å². The Labute approximate surface area is 173 Å². The monoisotopic (exact) mass is 433 g/mol. The molecule has 1 aromatic heterocycles. The van der Waals surface area contributed by atoms with E-state index in [2.05, 4.69) is 15.0 Å². The first-order valence-corrected chi connectivity index (χ1v) is 10.8. The molecule has 1 heterocycles. The Morgan fingerprint density at radius 1 is 0.900 bits per heavy atom. The molecule has 3 rings (SSSR count). The van der Waals surface area contributed by atoms with Gasteiger partial charge in [-0.05, 0) is 42.2 Å². The maximum Gasteiger partial charge on any atom is 0.267 e. The number of carbonyl (C=O) groups excluding carboxylic acids is 1. The van der Waals surface area contributed by atoms with Crippen LogP contribution in [0.1, 0.15) is 21.6 Å². The van der Waals surface area contributed by atoms with Crippen molar-refractivity contribution in [2.75, 3.05) is 13.1 Å². The normalized spacial score (nSPS) is 11.4. The van der Waals surface area contributed by atoms with Crippen LogP contribution in [0.4, 0.5) is 8.78 Å². The number of nitrogens with one attached hydrogen (secondary N) is 3. The van der Waals surface area contributed by atoms with Crippen molar-refractivity contribution >= 4 is 15.9 Å². The van der Waals surface area contributed by atoms with Crippen molar-refractivity contribution in [3.63, 3.8) is 0 Å². The fourth-order valence-corrected chi connectivity index (χ4v) is 3.90. The van der Waals surface area contributed by atoms with Gasteiger partial charge in [0.1, 0.15) is 22.2 Å². The number of rotatable bonds is 9. The van der Waals surface area contributed by atoms with Crippen molar-refractivity contribution in [1.29, 1.82) is 0 Å². The number of halogens is 2. The molecule has 3 aromatic rings. The van der Waals surface area contributed by atoms with Gasteiger partial charge < -0.3 is 10.3 Å².